The summed E-state index contributed by atoms with van der Waals surface area (Å²) in [6.07, 6.45) is 5.25. The second-order valence-corrected chi connectivity index (χ2v) is 6.25. The molecule has 1 aliphatic heterocycles. The van der Waals surface area contributed by atoms with Crippen LogP contribution in [0, 0.1) is 0 Å². The molecule has 0 saturated carbocycles. The van der Waals surface area contributed by atoms with E-state index in [4.69, 9.17) is 10.7 Å². The van der Waals surface area contributed by atoms with Gasteiger partial charge in [0, 0.05) is 30.2 Å². The fourth-order valence-corrected chi connectivity index (χ4v) is 3.59. The largest absolute Gasteiger partial charge is 0.337 e. The van der Waals surface area contributed by atoms with E-state index < -0.39 is 0 Å². The summed E-state index contributed by atoms with van der Waals surface area (Å²) in [7, 11) is 0. The molecular weight excluding hydrogens is 268 g/mol. The monoisotopic (exact) mass is 288 g/mol. The van der Waals surface area contributed by atoms with Crippen LogP contribution >= 0.6 is 11.3 Å². The molecule has 0 radical (unpaired) electrons. The van der Waals surface area contributed by atoms with Crippen molar-refractivity contribution in [3.8, 4) is 10.6 Å². The van der Waals surface area contributed by atoms with Crippen LogP contribution in [0.1, 0.15) is 24.6 Å². The molecule has 3 rings (SSSR count). The smallest absolute Gasteiger partial charge is 0.226 e. The summed E-state index contributed by atoms with van der Waals surface area (Å²) < 4.78 is 0. The van der Waals surface area contributed by atoms with Crippen molar-refractivity contribution in [2.45, 2.75) is 32.2 Å². The molecule has 5 heteroatoms. The Balaban J connectivity index is 1.89. The molecule has 1 fully saturated rings. The van der Waals surface area contributed by atoms with Gasteiger partial charge in [-0.1, -0.05) is 6.92 Å². The maximum atomic E-state index is 5.84. The minimum Gasteiger partial charge on any atom is -0.337 e. The van der Waals surface area contributed by atoms with E-state index in [1.165, 1.54) is 16.2 Å². The van der Waals surface area contributed by atoms with Gasteiger partial charge >= 0.3 is 0 Å². The van der Waals surface area contributed by atoms with Crippen molar-refractivity contribution in [2.75, 3.05) is 18.0 Å². The average Bonchev–Trinajstić information content (AvgIpc) is 3.16. The summed E-state index contributed by atoms with van der Waals surface area (Å²) in [4.78, 5) is 14.0. The molecule has 106 valence electrons. The minimum absolute atomic E-state index is 0.389. The SMILES string of the molecule is CCc1ccc(-c2ccnc(N3CCCC3CN)n2)s1. The first-order valence-electron chi connectivity index (χ1n) is 7.20. The van der Waals surface area contributed by atoms with Crippen molar-refractivity contribution in [1.29, 1.82) is 0 Å². The van der Waals surface area contributed by atoms with Crippen molar-refractivity contribution in [3.63, 3.8) is 0 Å². The highest BCUT2D eigenvalue weighted by Crippen LogP contribution is 2.29. The molecule has 0 bridgehead atoms. The lowest BCUT2D eigenvalue weighted by Gasteiger charge is -2.23. The number of aryl methyl sites for hydroxylation is 1. The lowest BCUT2D eigenvalue weighted by molar-refractivity contribution is 0.664. The average molecular weight is 288 g/mol. The Labute approximate surface area is 123 Å². The van der Waals surface area contributed by atoms with Crippen LogP contribution in [-0.4, -0.2) is 29.1 Å². The van der Waals surface area contributed by atoms with E-state index in [0.717, 1.165) is 31.0 Å². The molecule has 2 N–H and O–H groups in total. The van der Waals surface area contributed by atoms with Crippen LogP contribution in [0.4, 0.5) is 5.95 Å². The Morgan fingerprint density at radius 1 is 1.40 bits per heavy atom. The highest BCUT2D eigenvalue weighted by atomic mass is 32.1. The molecular formula is C15H20N4S. The van der Waals surface area contributed by atoms with E-state index in [-0.39, 0.29) is 0 Å². The number of nitrogens with zero attached hydrogens (tertiary/aromatic N) is 3. The van der Waals surface area contributed by atoms with Crippen molar-refractivity contribution in [2.24, 2.45) is 5.73 Å². The zero-order valence-electron chi connectivity index (χ0n) is 11.7. The van der Waals surface area contributed by atoms with Crippen molar-refractivity contribution in [1.82, 2.24) is 9.97 Å². The van der Waals surface area contributed by atoms with E-state index >= 15 is 0 Å². The molecule has 3 heterocycles. The number of thiophene rings is 1. The molecule has 1 unspecified atom stereocenters. The normalized spacial score (nSPS) is 18.7. The molecule has 0 spiro atoms. The predicted molar refractivity (Wildman–Crippen MR) is 84.1 cm³/mol. The number of nitrogens with two attached hydrogens (primary N) is 1. The summed E-state index contributed by atoms with van der Waals surface area (Å²) in [5.41, 5.74) is 6.85. The maximum Gasteiger partial charge on any atom is 0.226 e. The van der Waals surface area contributed by atoms with Crippen LogP contribution in [0.3, 0.4) is 0 Å². The van der Waals surface area contributed by atoms with Gasteiger partial charge in [0.15, 0.2) is 0 Å². The number of hydrogen-bond donors (Lipinski definition) is 1. The number of hydrogen-bond acceptors (Lipinski definition) is 5. The Morgan fingerprint density at radius 2 is 2.30 bits per heavy atom. The summed E-state index contributed by atoms with van der Waals surface area (Å²) in [6.45, 7) is 3.86. The Morgan fingerprint density at radius 3 is 3.05 bits per heavy atom. The Kier molecular flexibility index (Phi) is 3.98. The van der Waals surface area contributed by atoms with Gasteiger partial charge in [0.2, 0.25) is 5.95 Å². The lowest BCUT2D eigenvalue weighted by atomic mass is 10.2. The third kappa shape index (κ3) is 2.55. The molecule has 2 aromatic rings. The van der Waals surface area contributed by atoms with Crippen LogP contribution in [-0.2, 0) is 6.42 Å². The van der Waals surface area contributed by atoms with Crippen LogP contribution in [0.15, 0.2) is 24.4 Å². The van der Waals surface area contributed by atoms with Gasteiger partial charge < -0.3 is 10.6 Å². The van der Waals surface area contributed by atoms with Gasteiger partial charge in [-0.3, -0.25) is 0 Å². The molecule has 20 heavy (non-hydrogen) atoms. The predicted octanol–water partition coefficient (Wildman–Crippen LogP) is 2.69. The van der Waals surface area contributed by atoms with Gasteiger partial charge in [-0.25, -0.2) is 9.97 Å². The minimum atomic E-state index is 0.389. The first-order valence-corrected chi connectivity index (χ1v) is 8.02. The van der Waals surface area contributed by atoms with Crippen LogP contribution in [0.5, 0.6) is 0 Å². The number of anilines is 1. The van der Waals surface area contributed by atoms with Crippen LogP contribution in [0.25, 0.3) is 10.6 Å². The van der Waals surface area contributed by atoms with Gasteiger partial charge in [-0.2, -0.15) is 0 Å². The maximum absolute atomic E-state index is 5.84. The molecule has 1 aliphatic rings. The second-order valence-electron chi connectivity index (χ2n) is 5.09. The third-order valence-electron chi connectivity index (χ3n) is 3.81. The molecule has 1 saturated heterocycles. The Hall–Kier alpha value is -1.46. The Bertz CT molecular complexity index is 581. The molecule has 0 aromatic carbocycles. The van der Waals surface area contributed by atoms with E-state index in [1.807, 2.05) is 23.6 Å². The topological polar surface area (TPSA) is 55.0 Å². The lowest BCUT2D eigenvalue weighted by Crippen LogP contribution is -2.36. The van der Waals surface area contributed by atoms with Gasteiger partial charge in [0.25, 0.3) is 0 Å². The van der Waals surface area contributed by atoms with Gasteiger partial charge in [-0.05, 0) is 37.5 Å². The fraction of sp³-hybridized carbons (Fsp3) is 0.467. The van der Waals surface area contributed by atoms with E-state index in [9.17, 15) is 0 Å². The molecule has 0 aliphatic carbocycles. The standard InChI is InChI=1S/C15H20N4S/c1-2-12-5-6-14(20-12)13-7-8-17-15(18-13)19-9-3-4-11(19)10-16/h5-8,11H,2-4,9-10,16H2,1H3. The third-order valence-corrected chi connectivity index (χ3v) is 5.06. The fourth-order valence-electron chi connectivity index (χ4n) is 2.67. The van der Waals surface area contributed by atoms with Gasteiger partial charge in [0.1, 0.15) is 0 Å². The number of rotatable bonds is 4. The van der Waals surface area contributed by atoms with Crippen molar-refractivity contribution >= 4 is 17.3 Å². The first-order chi connectivity index (χ1) is 9.81. The molecule has 0 amide bonds. The summed E-state index contributed by atoms with van der Waals surface area (Å²) >= 11 is 1.81. The van der Waals surface area contributed by atoms with Crippen LogP contribution in [0.2, 0.25) is 0 Å². The van der Waals surface area contributed by atoms with Gasteiger partial charge in [0.05, 0.1) is 10.6 Å². The molecule has 2 aromatic heterocycles. The zero-order valence-corrected chi connectivity index (χ0v) is 12.6. The molecule has 4 nitrogen and oxygen atoms in total. The quantitative estimate of drug-likeness (QED) is 0.940. The van der Waals surface area contributed by atoms with Gasteiger partial charge in [-0.15, -0.1) is 11.3 Å². The van der Waals surface area contributed by atoms with E-state index in [0.29, 0.717) is 12.6 Å². The summed E-state index contributed by atoms with van der Waals surface area (Å²) in [6, 6.07) is 6.71. The number of aromatic nitrogens is 2. The zero-order chi connectivity index (χ0) is 13.9. The van der Waals surface area contributed by atoms with E-state index in [1.54, 1.807) is 0 Å². The van der Waals surface area contributed by atoms with Crippen LogP contribution < -0.4 is 10.6 Å². The summed E-state index contributed by atoms with van der Waals surface area (Å²) in [5, 5.41) is 0. The van der Waals surface area contributed by atoms with E-state index in [2.05, 4.69) is 28.9 Å². The first kappa shape index (κ1) is 13.5. The molecule has 1 atom stereocenters. The highest BCUT2D eigenvalue weighted by molar-refractivity contribution is 7.15. The second kappa shape index (κ2) is 5.89. The van der Waals surface area contributed by atoms with Crippen molar-refractivity contribution in [3.05, 3.63) is 29.3 Å². The van der Waals surface area contributed by atoms with Crippen molar-refractivity contribution < 1.29 is 0 Å². The summed E-state index contributed by atoms with van der Waals surface area (Å²) in [5.74, 6) is 0.821. The highest BCUT2D eigenvalue weighted by Gasteiger charge is 2.25.